The average molecular weight is 528 g/mol. The molecule has 3 rings (SSSR count). The van der Waals surface area contributed by atoms with Crippen molar-refractivity contribution in [3.8, 4) is 0 Å². The molecule has 0 saturated carbocycles. The minimum absolute atomic E-state index is 0. The molecular formula is C22H34IN5S. The number of hydrogen-bond acceptors (Lipinski definition) is 4. The molecule has 1 saturated heterocycles. The summed E-state index contributed by atoms with van der Waals surface area (Å²) >= 11 is 1.83. The SMILES string of the molecule is CN=C(NCCCc1ccc(N(C)C)cc1)NC1CCN(c2cccs2)CC1.I. The molecule has 1 aliphatic rings. The molecule has 5 nitrogen and oxygen atoms in total. The van der Waals surface area contributed by atoms with Crippen molar-refractivity contribution < 1.29 is 0 Å². The van der Waals surface area contributed by atoms with Gasteiger partial charge in [0.05, 0.1) is 5.00 Å². The van der Waals surface area contributed by atoms with Crippen molar-refractivity contribution in [1.29, 1.82) is 0 Å². The van der Waals surface area contributed by atoms with Crippen LogP contribution in [0.2, 0.25) is 0 Å². The van der Waals surface area contributed by atoms with E-state index in [1.807, 2.05) is 18.4 Å². The fourth-order valence-corrected chi connectivity index (χ4v) is 4.33. The Morgan fingerprint density at radius 2 is 1.90 bits per heavy atom. The molecule has 1 aliphatic heterocycles. The van der Waals surface area contributed by atoms with Gasteiger partial charge in [-0.15, -0.1) is 35.3 Å². The number of nitrogens with one attached hydrogen (secondary N) is 2. The summed E-state index contributed by atoms with van der Waals surface area (Å²) in [5, 5.41) is 10.6. The first kappa shape index (κ1) is 23.8. The zero-order valence-electron chi connectivity index (χ0n) is 17.7. The second-order valence-corrected chi connectivity index (χ2v) is 8.45. The molecule has 1 fully saturated rings. The van der Waals surface area contributed by atoms with Crippen molar-refractivity contribution in [3.63, 3.8) is 0 Å². The van der Waals surface area contributed by atoms with Crippen molar-refractivity contribution >= 4 is 52.0 Å². The highest BCUT2D eigenvalue weighted by atomic mass is 127. The molecule has 2 N–H and O–H groups in total. The Kier molecular flexibility index (Phi) is 10.1. The Hall–Kier alpha value is -1.48. The molecule has 0 spiro atoms. The molecule has 160 valence electrons. The number of piperidine rings is 1. The third-order valence-electron chi connectivity index (χ3n) is 5.26. The third-order valence-corrected chi connectivity index (χ3v) is 6.19. The lowest BCUT2D eigenvalue weighted by molar-refractivity contribution is 0.462. The Morgan fingerprint density at radius 3 is 2.48 bits per heavy atom. The Morgan fingerprint density at radius 1 is 1.17 bits per heavy atom. The van der Waals surface area contributed by atoms with Crippen molar-refractivity contribution in [3.05, 3.63) is 47.3 Å². The van der Waals surface area contributed by atoms with Gasteiger partial charge in [0.15, 0.2) is 5.96 Å². The van der Waals surface area contributed by atoms with E-state index in [1.165, 1.54) is 16.3 Å². The summed E-state index contributed by atoms with van der Waals surface area (Å²) in [6.07, 6.45) is 4.48. The summed E-state index contributed by atoms with van der Waals surface area (Å²) in [5.41, 5.74) is 2.63. The van der Waals surface area contributed by atoms with E-state index in [2.05, 4.69) is 81.3 Å². The van der Waals surface area contributed by atoms with Crippen LogP contribution in [0.4, 0.5) is 10.7 Å². The highest BCUT2D eigenvalue weighted by Gasteiger charge is 2.20. The maximum absolute atomic E-state index is 4.40. The summed E-state index contributed by atoms with van der Waals surface area (Å²) in [7, 11) is 6.00. The van der Waals surface area contributed by atoms with Gasteiger partial charge in [-0.25, -0.2) is 0 Å². The van der Waals surface area contributed by atoms with Gasteiger partial charge in [-0.1, -0.05) is 12.1 Å². The van der Waals surface area contributed by atoms with Gasteiger partial charge in [0.25, 0.3) is 0 Å². The van der Waals surface area contributed by atoms with Crippen LogP contribution < -0.4 is 20.4 Å². The van der Waals surface area contributed by atoms with Crippen LogP contribution in [0.15, 0.2) is 46.8 Å². The fraction of sp³-hybridized carbons (Fsp3) is 0.500. The van der Waals surface area contributed by atoms with Crippen molar-refractivity contribution in [2.24, 2.45) is 4.99 Å². The Labute approximate surface area is 196 Å². The molecule has 1 aromatic heterocycles. The lowest BCUT2D eigenvalue weighted by Crippen LogP contribution is -2.48. The van der Waals surface area contributed by atoms with Gasteiger partial charge in [0.1, 0.15) is 0 Å². The van der Waals surface area contributed by atoms with Gasteiger partial charge in [-0.3, -0.25) is 4.99 Å². The zero-order chi connectivity index (χ0) is 19.8. The summed E-state index contributed by atoms with van der Waals surface area (Å²) in [6.45, 7) is 3.15. The molecule has 1 aromatic carbocycles. The van der Waals surface area contributed by atoms with Crippen LogP contribution in [0.5, 0.6) is 0 Å². The molecule has 0 radical (unpaired) electrons. The first-order valence-corrected chi connectivity index (χ1v) is 11.1. The normalized spacial score (nSPS) is 15.0. The van der Waals surface area contributed by atoms with Crippen molar-refractivity contribution in [1.82, 2.24) is 10.6 Å². The van der Waals surface area contributed by atoms with E-state index < -0.39 is 0 Å². The van der Waals surface area contributed by atoms with Crippen molar-refractivity contribution in [2.75, 3.05) is 50.6 Å². The molecule has 2 heterocycles. The highest BCUT2D eigenvalue weighted by Crippen LogP contribution is 2.24. The molecule has 0 aliphatic carbocycles. The molecule has 0 amide bonds. The Bertz CT molecular complexity index is 722. The zero-order valence-corrected chi connectivity index (χ0v) is 20.9. The summed E-state index contributed by atoms with van der Waals surface area (Å²) in [6, 6.07) is 13.7. The van der Waals surface area contributed by atoms with Gasteiger partial charge < -0.3 is 20.4 Å². The lowest BCUT2D eigenvalue weighted by Gasteiger charge is -2.33. The Balaban J connectivity index is 0.00000300. The molecule has 2 aromatic rings. The van der Waals surface area contributed by atoms with Gasteiger partial charge >= 0.3 is 0 Å². The number of hydrogen-bond donors (Lipinski definition) is 2. The van der Waals surface area contributed by atoms with Crippen LogP contribution in [0.25, 0.3) is 0 Å². The van der Waals surface area contributed by atoms with Crippen LogP contribution >= 0.6 is 35.3 Å². The first-order valence-electron chi connectivity index (χ1n) is 10.2. The van der Waals surface area contributed by atoms with Crippen molar-refractivity contribution in [2.45, 2.75) is 31.7 Å². The number of anilines is 2. The predicted molar refractivity (Wildman–Crippen MR) is 139 cm³/mol. The van der Waals surface area contributed by atoms with E-state index in [4.69, 9.17) is 0 Å². The minimum atomic E-state index is 0. The highest BCUT2D eigenvalue weighted by molar-refractivity contribution is 14.0. The van der Waals surface area contributed by atoms with Crippen LogP contribution in [-0.4, -0.2) is 52.8 Å². The number of rotatable bonds is 7. The van der Waals surface area contributed by atoms with E-state index in [0.29, 0.717) is 6.04 Å². The smallest absolute Gasteiger partial charge is 0.191 e. The maximum atomic E-state index is 4.40. The number of benzene rings is 1. The third kappa shape index (κ3) is 7.37. The number of aryl methyl sites for hydroxylation is 1. The number of aliphatic imine (C=N–C) groups is 1. The van der Waals surface area contributed by atoms with Gasteiger partial charge in [-0.05, 0) is 60.9 Å². The molecular weight excluding hydrogens is 493 g/mol. The van der Waals surface area contributed by atoms with Crippen LogP contribution in [0.3, 0.4) is 0 Å². The van der Waals surface area contributed by atoms with E-state index in [9.17, 15) is 0 Å². The maximum Gasteiger partial charge on any atom is 0.191 e. The standard InChI is InChI=1S/C22H33N5S.HI/c1-23-22(24-14-4-6-18-8-10-20(11-9-18)26(2)3)25-19-12-15-27(16-13-19)21-7-5-17-28-21;/h5,7-11,17,19H,4,6,12-16H2,1-3H3,(H2,23,24,25);1H. The molecule has 0 atom stereocenters. The summed E-state index contributed by atoms with van der Waals surface area (Å²) < 4.78 is 0. The number of thiophene rings is 1. The van der Waals surface area contributed by atoms with Gasteiger partial charge in [-0.2, -0.15) is 0 Å². The van der Waals surface area contributed by atoms with E-state index >= 15 is 0 Å². The van der Waals surface area contributed by atoms with E-state index in [0.717, 1.165) is 51.3 Å². The molecule has 7 heteroatoms. The van der Waals surface area contributed by atoms with E-state index in [1.54, 1.807) is 0 Å². The number of nitrogens with zero attached hydrogens (tertiary/aromatic N) is 3. The topological polar surface area (TPSA) is 42.9 Å². The lowest BCUT2D eigenvalue weighted by atomic mass is 10.1. The van der Waals surface area contributed by atoms with Crippen LogP contribution in [0, 0.1) is 0 Å². The monoisotopic (exact) mass is 527 g/mol. The second kappa shape index (κ2) is 12.3. The number of halogens is 1. The quantitative estimate of drug-likeness (QED) is 0.245. The molecule has 0 unspecified atom stereocenters. The predicted octanol–water partition coefficient (Wildman–Crippen LogP) is 4.20. The first-order chi connectivity index (χ1) is 13.7. The molecule has 29 heavy (non-hydrogen) atoms. The van der Waals surface area contributed by atoms with Crippen LogP contribution in [-0.2, 0) is 6.42 Å². The summed E-state index contributed by atoms with van der Waals surface area (Å²) in [4.78, 5) is 9.02. The fourth-order valence-electron chi connectivity index (χ4n) is 3.54. The molecule has 0 bridgehead atoms. The van der Waals surface area contributed by atoms with Gasteiger partial charge in [0.2, 0.25) is 0 Å². The second-order valence-electron chi connectivity index (χ2n) is 7.52. The average Bonchev–Trinajstić information content (AvgIpc) is 3.26. The minimum Gasteiger partial charge on any atom is -0.378 e. The van der Waals surface area contributed by atoms with E-state index in [-0.39, 0.29) is 24.0 Å². The largest absolute Gasteiger partial charge is 0.378 e. The van der Waals surface area contributed by atoms with Gasteiger partial charge in [0, 0.05) is 52.5 Å². The summed E-state index contributed by atoms with van der Waals surface area (Å²) in [5.74, 6) is 0.928. The van der Waals surface area contributed by atoms with Crippen LogP contribution in [0.1, 0.15) is 24.8 Å². The number of guanidine groups is 1.